The SMILES string of the molecule is CCCNC(=O)COC(=O)CC(c1ccccc1)c1ccccc1. The van der Waals surface area contributed by atoms with Gasteiger partial charge in [0.1, 0.15) is 0 Å². The van der Waals surface area contributed by atoms with Crippen LogP contribution in [-0.2, 0) is 14.3 Å². The van der Waals surface area contributed by atoms with Crippen LogP contribution < -0.4 is 5.32 Å². The second-order valence-corrected chi connectivity index (χ2v) is 5.59. The molecule has 1 amide bonds. The Morgan fingerprint density at radius 1 is 0.958 bits per heavy atom. The summed E-state index contributed by atoms with van der Waals surface area (Å²) in [5.41, 5.74) is 2.10. The Morgan fingerprint density at radius 3 is 2.00 bits per heavy atom. The summed E-state index contributed by atoms with van der Waals surface area (Å²) in [6, 6.07) is 19.7. The molecule has 0 aliphatic carbocycles. The zero-order valence-electron chi connectivity index (χ0n) is 13.9. The van der Waals surface area contributed by atoms with E-state index < -0.39 is 0 Å². The predicted molar refractivity (Wildman–Crippen MR) is 93.6 cm³/mol. The van der Waals surface area contributed by atoms with Crippen molar-refractivity contribution in [3.63, 3.8) is 0 Å². The van der Waals surface area contributed by atoms with Crippen molar-refractivity contribution >= 4 is 11.9 Å². The molecule has 0 aliphatic heterocycles. The van der Waals surface area contributed by atoms with E-state index in [0.717, 1.165) is 17.5 Å². The molecule has 4 heteroatoms. The highest BCUT2D eigenvalue weighted by Crippen LogP contribution is 2.28. The highest BCUT2D eigenvalue weighted by molar-refractivity contribution is 5.80. The first-order valence-electron chi connectivity index (χ1n) is 8.23. The van der Waals surface area contributed by atoms with Gasteiger partial charge in [0, 0.05) is 12.5 Å². The summed E-state index contributed by atoms with van der Waals surface area (Å²) in [4.78, 5) is 23.7. The molecule has 0 radical (unpaired) electrons. The van der Waals surface area contributed by atoms with Crippen LogP contribution in [0.2, 0.25) is 0 Å². The molecule has 126 valence electrons. The largest absolute Gasteiger partial charge is 0.456 e. The normalized spacial score (nSPS) is 10.4. The molecule has 0 bridgehead atoms. The molecule has 0 saturated heterocycles. The average molecular weight is 325 g/mol. The van der Waals surface area contributed by atoms with E-state index in [4.69, 9.17) is 4.74 Å². The Hall–Kier alpha value is -2.62. The van der Waals surface area contributed by atoms with Crippen molar-refractivity contribution in [1.82, 2.24) is 5.32 Å². The number of amides is 1. The minimum atomic E-state index is -0.376. The standard InChI is InChI=1S/C20H23NO3/c1-2-13-21-19(22)15-24-20(23)14-18(16-9-5-3-6-10-16)17-11-7-4-8-12-17/h3-12,18H,2,13-15H2,1H3,(H,21,22). The van der Waals surface area contributed by atoms with Gasteiger partial charge in [0.15, 0.2) is 6.61 Å². The lowest BCUT2D eigenvalue weighted by Crippen LogP contribution is -2.29. The molecule has 0 saturated carbocycles. The molecule has 4 nitrogen and oxygen atoms in total. The van der Waals surface area contributed by atoms with E-state index in [-0.39, 0.29) is 30.8 Å². The van der Waals surface area contributed by atoms with Gasteiger partial charge in [-0.1, -0.05) is 67.6 Å². The summed E-state index contributed by atoms with van der Waals surface area (Å²) in [6.45, 7) is 2.33. The molecule has 2 aromatic carbocycles. The Labute approximate surface area is 142 Å². The Morgan fingerprint density at radius 2 is 1.50 bits per heavy atom. The first-order chi connectivity index (χ1) is 11.7. The lowest BCUT2D eigenvalue weighted by molar-refractivity contribution is -0.148. The summed E-state index contributed by atoms with van der Waals surface area (Å²) in [7, 11) is 0. The monoisotopic (exact) mass is 325 g/mol. The first-order valence-corrected chi connectivity index (χ1v) is 8.23. The van der Waals surface area contributed by atoms with E-state index in [1.54, 1.807) is 0 Å². The van der Waals surface area contributed by atoms with Crippen molar-refractivity contribution in [1.29, 1.82) is 0 Å². The molecule has 24 heavy (non-hydrogen) atoms. The van der Waals surface area contributed by atoms with Gasteiger partial charge in [0.2, 0.25) is 0 Å². The van der Waals surface area contributed by atoms with Gasteiger partial charge >= 0.3 is 5.97 Å². The summed E-state index contributed by atoms with van der Waals surface area (Å²) in [6.07, 6.45) is 1.05. The van der Waals surface area contributed by atoms with Crippen molar-refractivity contribution < 1.29 is 14.3 Å². The maximum absolute atomic E-state index is 12.2. The van der Waals surface area contributed by atoms with Crippen LogP contribution in [0.3, 0.4) is 0 Å². The highest BCUT2D eigenvalue weighted by atomic mass is 16.5. The Kier molecular flexibility index (Phi) is 7.02. The van der Waals surface area contributed by atoms with Crippen LogP contribution in [0.25, 0.3) is 0 Å². The first kappa shape index (κ1) is 17.7. The van der Waals surface area contributed by atoms with Crippen molar-refractivity contribution in [2.45, 2.75) is 25.7 Å². The topological polar surface area (TPSA) is 55.4 Å². The van der Waals surface area contributed by atoms with Gasteiger partial charge in [0.05, 0.1) is 6.42 Å². The smallest absolute Gasteiger partial charge is 0.307 e. The number of carbonyl (C=O) groups is 2. The molecule has 2 rings (SSSR count). The number of carbonyl (C=O) groups excluding carboxylic acids is 2. The maximum Gasteiger partial charge on any atom is 0.307 e. The third-order valence-corrected chi connectivity index (χ3v) is 3.71. The van der Waals surface area contributed by atoms with Crippen LogP contribution in [0.1, 0.15) is 36.8 Å². The molecule has 0 heterocycles. The van der Waals surface area contributed by atoms with Crippen molar-refractivity contribution in [3.8, 4) is 0 Å². The van der Waals surface area contributed by atoms with Crippen molar-refractivity contribution in [2.75, 3.05) is 13.2 Å². The van der Waals surface area contributed by atoms with Crippen molar-refractivity contribution in [2.24, 2.45) is 0 Å². The van der Waals surface area contributed by atoms with Gasteiger partial charge in [0.25, 0.3) is 5.91 Å². The second-order valence-electron chi connectivity index (χ2n) is 5.59. The molecular weight excluding hydrogens is 302 g/mol. The molecule has 0 spiro atoms. The zero-order valence-corrected chi connectivity index (χ0v) is 13.9. The lowest BCUT2D eigenvalue weighted by atomic mass is 9.89. The lowest BCUT2D eigenvalue weighted by Gasteiger charge is -2.17. The van der Waals surface area contributed by atoms with Crippen molar-refractivity contribution in [3.05, 3.63) is 71.8 Å². The summed E-state index contributed by atoms with van der Waals surface area (Å²) in [5.74, 6) is -0.723. The number of hydrogen-bond acceptors (Lipinski definition) is 3. The molecular formula is C20H23NO3. The molecule has 0 unspecified atom stereocenters. The molecule has 0 fully saturated rings. The quantitative estimate of drug-likeness (QED) is 0.758. The summed E-state index contributed by atoms with van der Waals surface area (Å²) in [5, 5.41) is 2.69. The van der Waals surface area contributed by atoms with Crippen LogP contribution in [0, 0.1) is 0 Å². The summed E-state index contributed by atoms with van der Waals surface area (Å²) < 4.78 is 5.12. The molecule has 1 N–H and O–H groups in total. The Balaban J connectivity index is 2.01. The number of ether oxygens (including phenoxy) is 1. The minimum absolute atomic E-state index is 0.0846. The van der Waals surface area contributed by atoms with Gasteiger partial charge in [-0.05, 0) is 17.5 Å². The van der Waals surface area contributed by atoms with Gasteiger partial charge in [-0.15, -0.1) is 0 Å². The number of benzene rings is 2. The Bertz CT molecular complexity index is 601. The zero-order chi connectivity index (χ0) is 17.2. The van der Waals surface area contributed by atoms with E-state index >= 15 is 0 Å². The highest BCUT2D eigenvalue weighted by Gasteiger charge is 2.19. The van der Waals surface area contributed by atoms with E-state index in [9.17, 15) is 9.59 Å². The third kappa shape index (κ3) is 5.54. The fourth-order valence-electron chi connectivity index (χ4n) is 2.49. The van der Waals surface area contributed by atoms with E-state index in [2.05, 4.69) is 5.32 Å². The molecule has 0 atom stereocenters. The number of rotatable bonds is 8. The van der Waals surface area contributed by atoms with Crippen LogP contribution in [-0.4, -0.2) is 25.0 Å². The minimum Gasteiger partial charge on any atom is -0.456 e. The number of nitrogens with one attached hydrogen (secondary N) is 1. The van der Waals surface area contributed by atoms with Gasteiger partial charge in [-0.3, -0.25) is 9.59 Å². The average Bonchev–Trinajstić information content (AvgIpc) is 2.64. The van der Waals surface area contributed by atoms with Gasteiger partial charge < -0.3 is 10.1 Å². The van der Waals surface area contributed by atoms with Crippen LogP contribution in [0.5, 0.6) is 0 Å². The van der Waals surface area contributed by atoms with Gasteiger partial charge in [-0.2, -0.15) is 0 Å². The van der Waals surface area contributed by atoms with E-state index in [1.807, 2.05) is 67.6 Å². The molecule has 2 aromatic rings. The third-order valence-electron chi connectivity index (χ3n) is 3.71. The fraction of sp³-hybridized carbons (Fsp3) is 0.300. The number of hydrogen-bond donors (Lipinski definition) is 1. The van der Waals surface area contributed by atoms with Crippen LogP contribution in [0.15, 0.2) is 60.7 Å². The molecule has 0 aromatic heterocycles. The van der Waals surface area contributed by atoms with E-state index in [1.165, 1.54) is 0 Å². The van der Waals surface area contributed by atoms with Crippen LogP contribution >= 0.6 is 0 Å². The molecule has 0 aliphatic rings. The number of esters is 1. The van der Waals surface area contributed by atoms with Crippen LogP contribution in [0.4, 0.5) is 0 Å². The van der Waals surface area contributed by atoms with E-state index in [0.29, 0.717) is 6.54 Å². The predicted octanol–water partition coefficient (Wildman–Crippen LogP) is 3.28. The fourth-order valence-corrected chi connectivity index (χ4v) is 2.49. The maximum atomic E-state index is 12.2. The summed E-state index contributed by atoms with van der Waals surface area (Å²) >= 11 is 0. The van der Waals surface area contributed by atoms with Gasteiger partial charge in [-0.25, -0.2) is 0 Å². The second kappa shape index (κ2) is 9.50.